The first-order valence-corrected chi connectivity index (χ1v) is 6.43. The molecule has 0 aliphatic carbocycles. The highest BCUT2D eigenvalue weighted by atomic mass is 79.9. The second-order valence-corrected chi connectivity index (χ2v) is 4.59. The Labute approximate surface area is 101 Å². The van der Waals surface area contributed by atoms with E-state index in [0.717, 1.165) is 13.0 Å². The SMILES string of the molecule is CCCCCCCOCC(Br)C(=O)OC. The number of halogens is 1. The summed E-state index contributed by atoms with van der Waals surface area (Å²) < 4.78 is 9.91. The van der Waals surface area contributed by atoms with Crippen LogP contribution in [0.4, 0.5) is 0 Å². The number of ether oxygens (including phenoxy) is 2. The molecule has 0 rings (SSSR count). The first kappa shape index (κ1) is 14.9. The molecule has 1 atom stereocenters. The van der Waals surface area contributed by atoms with Crippen molar-refractivity contribution in [3.63, 3.8) is 0 Å². The Kier molecular flexibility index (Phi) is 10.4. The number of hydrogen-bond donors (Lipinski definition) is 0. The van der Waals surface area contributed by atoms with Crippen LogP contribution in [-0.4, -0.2) is 31.1 Å². The van der Waals surface area contributed by atoms with Crippen LogP contribution in [0.3, 0.4) is 0 Å². The molecule has 0 spiro atoms. The summed E-state index contributed by atoms with van der Waals surface area (Å²) in [7, 11) is 1.38. The van der Waals surface area contributed by atoms with E-state index < -0.39 is 0 Å². The maximum Gasteiger partial charge on any atom is 0.321 e. The largest absolute Gasteiger partial charge is 0.468 e. The third-order valence-electron chi connectivity index (χ3n) is 2.11. The van der Waals surface area contributed by atoms with Crippen LogP contribution in [0, 0.1) is 0 Å². The van der Waals surface area contributed by atoms with Crippen LogP contribution in [-0.2, 0) is 14.3 Å². The Morgan fingerprint density at radius 3 is 2.53 bits per heavy atom. The van der Waals surface area contributed by atoms with E-state index in [1.807, 2.05) is 0 Å². The van der Waals surface area contributed by atoms with E-state index in [1.165, 1.54) is 32.8 Å². The molecule has 0 aliphatic heterocycles. The molecule has 0 aromatic carbocycles. The summed E-state index contributed by atoms with van der Waals surface area (Å²) in [5.74, 6) is -0.277. The van der Waals surface area contributed by atoms with Crippen molar-refractivity contribution in [1.29, 1.82) is 0 Å². The summed E-state index contributed by atoms with van der Waals surface area (Å²) in [6, 6.07) is 0. The zero-order valence-corrected chi connectivity index (χ0v) is 11.2. The second kappa shape index (κ2) is 10.4. The summed E-state index contributed by atoms with van der Waals surface area (Å²) in [6.07, 6.45) is 6.10. The molecule has 0 heterocycles. The van der Waals surface area contributed by atoms with Gasteiger partial charge in [0.1, 0.15) is 4.83 Å². The van der Waals surface area contributed by atoms with Crippen LogP contribution in [0.2, 0.25) is 0 Å². The van der Waals surface area contributed by atoms with E-state index in [1.54, 1.807) is 0 Å². The molecule has 0 aliphatic rings. The van der Waals surface area contributed by atoms with Crippen molar-refractivity contribution in [1.82, 2.24) is 0 Å². The lowest BCUT2D eigenvalue weighted by Crippen LogP contribution is -2.21. The first-order chi connectivity index (χ1) is 7.22. The van der Waals surface area contributed by atoms with Gasteiger partial charge in [-0.3, -0.25) is 4.79 Å². The molecule has 0 fully saturated rings. The Balaban J connectivity index is 3.20. The first-order valence-electron chi connectivity index (χ1n) is 5.52. The lowest BCUT2D eigenvalue weighted by molar-refractivity contribution is -0.140. The third-order valence-corrected chi connectivity index (χ3v) is 2.75. The fourth-order valence-electron chi connectivity index (χ4n) is 1.19. The zero-order valence-electron chi connectivity index (χ0n) is 9.63. The highest BCUT2D eigenvalue weighted by Gasteiger charge is 2.14. The minimum atomic E-state index is -0.335. The lowest BCUT2D eigenvalue weighted by atomic mass is 10.2. The van der Waals surface area contributed by atoms with Crippen LogP contribution in [0.25, 0.3) is 0 Å². The monoisotopic (exact) mass is 280 g/mol. The van der Waals surface area contributed by atoms with Gasteiger partial charge in [0.05, 0.1) is 13.7 Å². The van der Waals surface area contributed by atoms with Crippen LogP contribution < -0.4 is 0 Å². The number of esters is 1. The van der Waals surface area contributed by atoms with Crippen molar-refractivity contribution < 1.29 is 14.3 Å². The van der Waals surface area contributed by atoms with Gasteiger partial charge >= 0.3 is 5.97 Å². The van der Waals surface area contributed by atoms with Gasteiger partial charge in [-0.2, -0.15) is 0 Å². The topological polar surface area (TPSA) is 35.5 Å². The summed E-state index contributed by atoms with van der Waals surface area (Å²) in [4.78, 5) is 10.6. The van der Waals surface area contributed by atoms with Crippen LogP contribution in [0.1, 0.15) is 39.0 Å². The molecule has 3 nitrogen and oxygen atoms in total. The van der Waals surface area contributed by atoms with E-state index in [9.17, 15) is 4.79 Å². The molecule has 0 N–H and O–H groups in total. The van der Waals surface area contributed by atoms with Gasteiger partial charge in [0, 0.05) is 6.61 Å². The average molecular weight is 281 g/mol. The van der Waals surface area contributed by atoms with Gasteiger partial charge in [0.15, 0.2) is 0 Å². The van der Waals surface area contributed by atoms with Crippen molar-refractivity contribution >= 4 is 21.9 Å². The molecule has 0 aromatic rings. The number of alkyl halides is 1. The van der Waals surface area contributed by atoms with Gasteiger partial charge in [-0.05, 0) is 6.42 Å². The summed E-state index contributed by atoms with van der Waals surface area (Å²) in [6.45, 7) is 3.31. The Morgan fingerprint density at radius 2 is 1.93 bits per heavy atom. The van der Waals surface area contributed by atoms with Gasteiger partial charge < -0.3 is 9.47 Å². The zero-order chi connectivity index (χ0) is 11.5. The van der Waals surface area contributed by atoms with Gasteiger partial charge in [-0.1, -0.05) is 48.5 Å². The smallest absolute Gasteiger partial charge is 0.321 e. The second-order valence-electron chi connectivity index (χ2n) is 3.48. The van der Waals surface area contributed by atoms with Crippen molar-refractivity contribution in [3.05, 3.63) is 0 Å². The normalized spacial score (nSPS) is 12.5. The van der Waals surface area contributed by atoms with E-state index >= 15 is 0 Å². The van der Waals surface area contributed by atoms with Gasteiger partial charge in [-0.25, -0.2) is 0 Å². The molecule has 0 amide bonds. The molecule has 4 heteroatoms. The number of carbonyl (C=O) groups excluding carboxylic acids is 1. The molecule has 0 bridgehead atoms. The summed E-state index contributed by atoms with van der Waals surface area (Å²) in [5.41, 5.74) is 0. The Bertz CT molecular complexity index is 162. The number of unbranched alkanes of at least 4 members (excludes halogenated alkanes) is 4. The molecule has 0 aromatic heterocycles. The van der Waals surface area contributed by atoms with Gasteiger partial charge in [0.25, 0.3) is 0 Å². The van der Waals surface area contributed by atoms with E-state index in [2.05, 4.69) is 27.6 Å². The molecular weight excluding hydrogens is 260 g/mol. The third kappa shape index (κ3) is 8.88. The lowest BCUT2D eigenvalue weighted by Gasteiger charge is -2.08. The van der Waals surface area contributed by atoms with E-state index in [0.29, 0.717) is 6.61 Å². The molecule has 1 unspecified atom stereocenters. The van der Waals surface area contributed by atoms with E-state index in [-0.39, 0.29) is 10.8 Å². The molecule has 0 saturated heterocycles. The van der Waals surface area contributed by atoms with Gasteiger partial charge in [0.2, 0.25) is 0 Å². The maximum atomic E-state index is 11.0. The van der Waals surface area contributed by atoms with Crippen LogP contribution in [0.5, 0.6) is 0 Å². The van der Waals surface area contributed by atoms with Crippen molar-refractivity contribution in [2.75, 3.05) is 20.3 Å². The minimum absolute atomic E-state index is 0.277. The van der Waals surface area contributed by atoms with E-state index in [4.69, 9.17) is 4.74 Å². The Hall–Kier alpha value is -0.0900. The van der Waals surface area contributed by atoms with Crippen molar-refractivity contribution in [2.45, 2.75) is 43.9 Å². The quantitative estimate of drug-likeness (QED) is 0.370. The molecular formula is C11H21BrO3. The van der Waals surface area contributed by atoms with Crippen molar-refractivity contribution in [2.24, 2.45) is 0 Å². The number of carbonyl (C=O) groups is 1. The molecule has 0 saturated carbocycles. The predicted octanol–water partition coefficient (Wildman–Crippen LogP) is 2.91. The number of rotatable bonds is 9. The standard InChI is InChI=1S/C11H21BrO3/c1-3-4-5-6-7-8-15-9-10(12)11(13)14-2/h10H,3-9H2,1-2H3. The molecule has 90 valence electrons. The van der Waals surface area contributed by atoms with Crippen molar-refractivity contribution in [3.8, 4) is 0 Å². The average Bonchev–Trinajstić information content (AvgIpc) is 2.26. The van der Waals surface area contributed by atoms with Crippen LogP contribution in [0.15, 0.2) is 0 Å². The summed E-state index contributed by atoms with van der Waals surface area (Å²) >= 11 is 3.20. The predicted molar refractivity (Wildman–Crippen MR) is 64.3 cm³/mol. The molecule has 0 radical (unpaired) electrons. The van der Waals surface area contributed by atoms with Gasteiger partial charge in [-0.15, -0.1) is 0 Å². The maximum absolute atomic E-state index is 11.0. The number of methoxy groups -OCH3 is 1. The summed E-state index contributed by atoms with van der Waals surface area (Å²) in [5, 5.41) is 0. The number of hydrogen-bond acceptors (Lipinski definition) is 3. The fraction of sp³-hybridized carbons (Fsp3) is 0.909. The van der Waals surface area contributed by atoms with Crippen LogP contribution >= 0.6 is 15.9 Å². The molecule has 15 heavy (non-hydrogen) atoms. The fourth-order valence-corrected chi connectivity index (χ4v) is 1.56. The highest BCUT2D eigenvalue weighted by molar-refractivity contribution is 9.10. The highest BCUT2D eigenvalue weighted by Crippen LogP contribution is 2.05. The Morgan fingerprint density at radius 1 is 1.27 bits per heavy atom. The minimum Gasteiger partial charge on any atom is -0.468 e.